The zero-order valence-electron chi connectivity index (χ0n) is 8.40. The molecule has 0 spiro atoms. The van der Waals surface area contributed by atoms with Gasteiger partial charge in [-0.2, -0.15) is 0 Å². The van der Waals surface area contributed by atoms with E-state index in [1.807, 2.05) is 0 Å². The molecule has 2 aliphatic carbocycles. The van der Waals surface area contributed by atoms with Crippen LogP contribution in [0.15, 0.2) is 59.9 Å². The zero-order valence-corrected chi connectivity index (χ0v) is 8.40. The summed E-state index contributed by atoms with van der Waals surface area (Å²) < 4.78 is 0. The molecule has 1 atom stereocenters. The first-order valence-electron chi connectivity index (χ1n) is 5.09. The minimum absolute atomic E-state index is 0.437. The van der Waals surface area contributed by atoms with Crippen molar-refractivity contribution in [2.75, 3.05) is 6.54 Å². The van der Waals surface area contributed by atoms with Gasteiger partial charge < -0.3 is 5.32 Å². The molecule has 0 saturated carbocycles. The van der Waals surface area contributed by atoms with Gasteiger partial charge in [0.2, 0.25) is 0 Å². The van der Waals surface area contributed by atoms with Gasteiger partial charge in [0.05, 0.1) is 0 Å². The second kappa shape index (κ2) is 4.14. The Morgan fingerprint density at radius 3 is 2.93 bits per heavy atom. The van der Waals surface area contributed by atoms with Crippen molar-refractivity contribution < 1.29 is 0 Å². The van der Waals surface area contributed by atoms with Gasteiger partial charge in [-0.05, 0) is 18.6 Å². The molecule has 2 aliphatic rings. The maximum Gasteiger partial charge on any atom is 0.0410 e. The molecule has 0 aromatic carbocycles. The van der Waals surface area contributed by atoms with E-state index in [0.29, 0.717) is 5.92 Å². The average molecular weight is 185 g/mol. The SMILES string of the molecule is CCNC1=CC=CC2C=CC=CC1=C2. The first-order chi connectivity index (χ1) is 6.90. The van der Waals surface area contributed by atoms with Crippen LogP contribution in [0.4, 0.5) is 0 Å². The van der Waals surface area contributed by atoms with Crippen molar-refractivity contribution in [1.29, 1.82) is 0 Å². The molecule has 0 radical (unpaired) electrons. The van der Waals surface area contributed by atoms with Crippen LogP contribution in [0.25, 0.3) is 0 Å². The molecular formula is C13H15N. The normalized spacial score (nSPS) is 23.6. The molecule has 2 bridgehead atoms. The highest BCUT2D eigenvalue weighted by atomic mass is 14.9. The van der Waals surface area contributed by atoms with Crippen LogP contribution in [0.1, 0.15) is 6.92 Å². The smallest absolute Gasteiger partial charge is 0.0410 e. The maximum atomic E-state index is 3.37. The van der Waals surface area contributed by atoms with E-state index >= 15 is 0 Å². The molecule has 14 heavy (non-hydrogen) atoms. The van der Waals surface area contributed by atoms with E-state index in [-0.39, 0.29) is 0 Å². The highest BCUT2D eigenvalue weighted by molar-refractivity contribution is 5.46. The number of allylic oxidation sites excluding steroid dienone is 8. The molecule has 0 aromatic rings. The molecular weight excluding hydrogens is 170 g/mol. The summed E-state index contributed by atoms with van der Waals surface area (Å²) in [5.74, 6) is 0.437. The first kappa shape index (κ1) is 9.07. The van der Waals surface area contributed by atoms with Crippen molar-refractivity contribution in [3.63, 3.8) is 0 Å². The summed E-state index contributed by atoms with van der Waals surface area (Å²) in [6.07, 6.45) is 17.3. The molecule has 1 heteroatoms. The van der Waals surface area contributed by atoms with Crippen LogP contribution in [0, 0.1) is 5.92 Å². The van der Waals surface area contributed by atoms with Crippen LogP contribution < -0.4 is 5.32 Å². The van der Waals surface area contributed by atoms with E-state index in [9.17, 15) is 0 Å². The Kier molecular flexibility index (Phi) is 2.68. The Hall–Kier alpha value is -1.50. The van der Waals surface area contributed by atoms with Gasteiger partial charge in [0.15, 0.2) is 0 Å². The Labute approximate surface area is 85.2 Å². The van der Waals surface area contributed by atoms with Crippen LogP contribution in [-0.4, -0.2) is 6.54 Å². The summed E-state index contributed by atoms with van der Waals surface area (Å²) in [7, 11) is 0. The first-order valence-corrected chi connectivity index (χ1v) is 5.09. The van der Waals surface area contributed by atoms with E-state index < -0.39 is 0 Å². The zero-order chi connectivity index (χ0) is 9.80. The Morgan fingerprint density at radius 2 is 2.07 bits per heavy atom. The number of hydrogen-bond donors (Lipinski definition) is 1. The quantitative estimate of drug-likeness (QED) is 0.697. The third kappa shape index (κ3) is 1.87. The van der Waals surface area contributed by atoms with Crippen molar-refractivity contribution in [3.05, 3.63) is 59.9 Å². The lowest BCUT2D eigenvalue weighted by molar-refractivity contribution is 0.867. The third-order valence-corrected chi connectivity index (χ3v) is 2.37. The lowest BCUT2D eigenvalue weighted by Gasteiger charge is -2.08. The molecule has 1 unspecified atom stereocenters. The molecule has 0 aliphatic heterocycles. The van der Waals surface area contributed by atoms with Gasteiger partial charge in [0, 0.05) is 18.2 Å². The van der Waals surface area contributed by atoms with E-state index in [4.69, 9.17) is 0 Å². The van der Waals surface area contributed by atoms with Crippen LogP contribution in [0.3, 0.4) is 0 Å². The van der Waals surface area contributed by atoms with Gasteiger partial charge in [-0.3, -0.25) is 0 Å². The highest BCUT2D eigenvalue weighted by Crippen LogP contribution is 2.20. The minimum atomic E-state index is 0.437. The Bertz CT molecular complexity index is 353. The Balaban J connectivity index is 2.32. The van der Waals surface area contributed by atoms with Gasteiger partial charge in [-0.1, -0.05) is 42.5 Å². The van der Waals surface area contributed by atoms with Gasteiger partial charge in [0.25, 0.3) is 0 Å². The molecule has 1 N–H and O–H groups in total. The van der Waals surface area contributed by atoms with E-state index in [1.54, 1.807) is 0 Å². The fourth-order valence-electron chi connectivity index (χ4n) is 1.70. The third-order valence-electron chi connectivity index (χ3n) is 2.37. The number of likely N-dealkylation sites (N-methyl/N-ethyl adjacent to an activating group) is 1. The molecule has 1 nitrogen and oxygen atoms in total. The number of rotatable bonds is 2. The van der Waals surface area contributed by atoms with Crippen LogP contribution in [0.5, 0.6) is 0 Å². The molecule has 0 amide bonds. The fourth-order valence-corrected chi connectivity index (χ4v) is 1.70. The Morgan fingerprint density at radius 1 is 1.21 bits per heavy atom. The second-order valence-corrected chi connectivity index (χ2v) is 3.44. The van der Waals surface area contributed by atoms with E-state index in [0.717, 1.165) is 6.54 Å². The summed E-state index contributed by atoms with van der Waals surface area (Å²) in [5, 5.41) is 3.37. The van der Waals surface area contributed by atoms with E-state index in [1.165, 1.54) is 11.3 Å². The second-order valence-electron chi connectivity index (χ2n) is 3.44. The molecule has 2 rings (SSSR count). The summed E-state index contributed by atoms with van der Waals surface area (Å²) in [4.78, 5) is 0. The van der Waals surface area contributed by atoms with Crippen molar-refractivity contribution in [2.24, 2.45) is 5.92 Å². The van der Waals surface area contributed by atoms with Gasteiger partial charge >= 0.3 is 0 Å². The van der Waals surface area contributed by atoms with Crippen LogP contribution in [-0.2, 0) is 0 Å². The molecule has 72 valence electrons. The van der Waals surface area contributed by atoms with Crippen LogP contribution >= 0.6 is 0 Å². The predicted octanol–water partition coefficient (Wildman–Crippen LogP) is 2.72. The molecule has 0 fully saturated rings. The average Bonchev–Trinajstić information content (AvgIpc) is 2.52. The topological polar surface area (TPSA) is 12.0 Å². The fraction of sp³-hybridized carbons (Fsp3) is 0.231. The van der Waals surface area contributed by atoms with Gasteiger partial charge in [0.1, 0.15) is 0 Å². The van der Waals surface area contributed by atoms with Gasteiger partial charge in [-0.25, -0.2) is 0 Å². The highest BCUT2D eigenvalue weighted by Gasteiger charge is 2.07. The number of nitrogens with one attached hydrogen (secondary N) is 1. The lowest BCUT2D eigenvalue weighted by Crippen LogP contribution is -2.13. The van der Waals surface area contributed by atoms with Crippen molar-refractivity contribution in [1.82, 2.24) is 5.32 Å². The summed E-state index contributed by atoms with van der Waals surface area (Å²) in [6.45, 7) is 3.08. The number of fused-ring (bicyclic) bond motifs is 1. The lowest BCUT2D eigenvalue weighted by atomic mass is 10.1. The monoisotopic (exact) mass is 185 g/mol. The largest absolute Gasteiger partial charge is 0.385 e. The van der Waals surface area contributed by atoms with E-state index in [2.05, 4.69) is 60.8 Å². The minimum Gasteiger partial charge on any atom is -0.385 e. The molecule has 0 saturated heterocycles. The van der Waals surface area contributed by atoms with Gasteiger partial charge in [-0.15, -0.1) is 0 Å². The summed E-state index contributed by atoms with van der Waals surface area (Å²) >= 11 is 0. The van der Waals surface area contributed by atoms with Crippen molar-refractivity contribution >= 4 is 0 Å². The number of hydrogen-bond acceptors (Lipinski definition) is 1. The van der Waals surface area contributed by atoms with Crippen molar-refractivity contribution in [2.45, 2.75) is 6.92 Å². The van der Waals surface area contributed by atoms with Crippen LogP contribution in [0.2, 0.25) is 0 Å². The summed E-state index contributed by atoms with van der Waals surface area (Å²) in [5.41, 5.74) is 2.50. The molecule has 0 heterocycles. The standard InChI is InChI=1S/C13H15N/c1-2-14-13-9-5-7-11-6-3-4-8-12(13)10-11/h3-11,14H,2H2,1H3. The maximum absolute atomic E-state index is 3.37. The van der Waals surface area contributed by atoms with Crippen molar-refractivity contribution in [3.8, 4) is 0 Å². The summed E-state index contributed by atoms with van der Waals surface area (Å²) in [6, 6.07) is 0. The predicted molar refractivity (Wildman–Crippen MR) is 60.8 cm³/mol. The molecule has 0 aromatic heterocycles.